The number of nitrogens with two attached hydrogens (primary N) is 1. The van der Waals surface area contributed by atoms with Gasteiger partial charge in [-0.05, 0) is 43.4 Å². The van der Waals surface area contributed by atoms with Gasteiger partial charge in [0.25, 0.3) is 0 Å². The van der Waals surface area contributed by atoms with Gasteiger partial charge >= 0.3 is 6.18 Å². The first kappa shape index (κ1) is 25.2. The summed E-state index contributed by atoms with van der Waals surface area (Å²) in [5, 5.41) is 7.86. The Morgan fingerprint density at radius 2 is 1.83 bits per heavy atom. The van der Waals surface area contributed by atoms with Crippen LogP contribution in [0.2, 0.25) is 5.02 Å². The van der Waals surface area contributed by atoms with Gasteiger partial charge in [-0.3, -0.25) is 4.90 Å². The normalized spacial score (nSPS) is 24.5. The second-order valence-electron chi connectivity index (χ2n) is 7.79. The lowest BCUT2D eigenvalue weighted by Crippen LogP contribution is -2.47. The van der Waals surface area contributed by atoms with Crippen molar-refractivity contribution in [3.8, 4) is 0 Å². The predicted molar refractivity (Wildman–Crippen MR) is 114 cm³/mol. The molecule has 2 N–H and O–H groups in total. The molecule has 1 aromatic carbocycles. The average Bonchev–Trinajstić information content (AvgIpc) is 3.12. The zero-order valence-electron chi connectivity index (χ0n) is 16.2. The van der Waals surface area contributed by atoms with E-state index in [1.54, 1.807) is 0 Å². The Morgan fingerprint density at radius 1 is 1.13 bits per heavy atom. The summed E-state index contributed by atoms with van der Waals surface area (Å²) in [6.07, 6.45) is -0.694. The highest BCUT2D eigenvalue weighted by molar-refractivity contribution is 6.30. The van der Waals surface area contributed by atoms with E-state index in [0.29, 0.717) is 36.5 Å². The summed E-state index contributed by atoms with van der Waals surface area (Å²) in [4.78, 5) is 2.24. The fraction of sp³-hybridized carbons (Fsp3) is 0.579. The summed E-state index contributed by atoms with van der Waals surface area (Å²) in [6.45, 7) is 1.81. The second-order valence-corrected chi connectivity index (χ2v) is 8.22. The molecular formula is C19H25Cl3F3N5. The molecule has 2 aliphatic rings. The number of hydrogen-bond donors (Lipinski definition) is 1. The Hall–Kier alpha value is -1.06. The largest absolute Gasteiger partial charge is 0.451 e. The van der Waals surface area contributed by atoms with E-state index in [1.165, 1.54) is 10.1 Å². The molecule has 1 saturated carbocycles. The van der Waals surface area contributed by atoms with Crippen molar-refractivity contribution >= 4 is 36.4 Å². The number of fused-ring (bicyclic) bond motifs is 1. The molecule has 0 unspecified atom stereocenters. The van der Waals surface area contributed by atoms with Crippen LogP contribution in [0, 0.1) is 0 Å². The van der Waals surface area contributed by atoms with Crippen molar-refractivity contribution in [2.75, 3.05) is 13.1 Å². The van der Waals surface area contributed by atoms with Gasteiger partial charge in [0.2, 0.25) is 5.82 Å². The number of rotatable bonds is 3. The van der Waals surface area contributed by atoms with Gasteiger partial charge in [0, 0.05) is 36.1 Å². The van der Waals surface area contributed by atoms with E-state index in [9.17, 15) is 13.2 Å². The van der Waals surface area contributed by atoms with Crippen LogP contribution < -0.4 is 5.73 Å². The van der Waals surface area contributed by atoms with Crippen LogP contribution in [0.25, 0.3) is 0 Å². The predicted octanol–water partition coefficient (Wildman–Crippen LogP) is 4.45. The molecule has 0 bridgehead atoms. The maximum absolute atomic E-state index is 13.0. The van der Waals surface area contributed by atoms with Crippen LogP contribution in [0.3, 0.4) is 0 Å². The van der Waals surface area contributed by atoms with Gasteiger partial charge in [-0.25, -0.2) is 0 Å². The third-order valence-electron chi connectivity index (χ3n) is 6.29. The molecule has 1 aliphatic heterocycles. The minimum absolute atomic E-state index is 0. The maximum Gasteiger partial charge on any atom is 0.451 e. The minimum atomic E-state index is -4.46. The van der Waals surface area contributed by atoms with Gasteiger partial charge in [-0.1, -0.05) is 23.7 Å². The maximum atomic E-state index is 13.0. The first-order chi connectivity index (χ1) is 13.3. The summed E-state index contributed by atoms with van der Waals surface area (Å²) in [5.74, 6) is -0.502. The summed E-state index contributed by atoms with van der Waals surface area (Å²) in [5.41, 5.74) is 7.26. The first-order valence-corrected chi connectivity index (χ1v) is 9.90. The third kappa shape index (κ3) is 4.72. The van der Waals surface area contributed by atoms with E-state index >= 15 is 0 Å². The van der Waals surface area contributed by atoms with E-state index < -0.39 is 12.0 Å². The number of hydrogen-bond acceptors (Lipinski definition) is 4. The van der Waals surface area contributed by atoms with Gasteiger partial charge in [0.1, 0.15) is 5.82 Å². The number of alkyl halides is 3. The fourth-order valence-electron chi connectivity index (χ4n) is 4.65. The van der Waals surface area contributed by atoms with E-state index in [2.05, 4.69) is 21.2 Å². The van der Waals surface area contributed by atoms with E-state index in [1.807, 2.05) is 18.2 Å². The number of halogens is 6. The number of benzene rings is 1. The summed E-state index contributed by atoms with van der Waals surface area (Å²) in [6, 6.07) is 8.22. The topological polar surface area (TPSA) is 60.0 Å². The Morgan fingerprint density at radius 3 is 2.43 bits per heavy atom. The Bertz CT molecular complexity index is 850. The number of nitrogens with zero attached hydrogens (tertiary/aromatic N) is 4. The molecule has 1 aliphatic carbocycles. The molecule has 0 amide bonds. The lowest BCUT2D eigenvalue weighted by Gasteiger charge is -2.44. The molecule has 2 aromatic rings. The first-order valence-electron chi connectivity index (χ1n) is 9.52. The van der Waals surface area contributed by atoms with Crippen molar-refractivity contribution in [1.82, 2.24) is 19.7 Å². The average molecular weight is 487 g/mol. The van der Waals surface area contributed by atoms with Crippen LogP contribution in [-0.2, 0) is 24.7 Å². The third-order valence-corrected chi connectivity index (χ3v) is 6.53. The molecule has 11 heteroatoms. The van der Waals surface area contributed by atoms with E-state index in [0.717, 1.165) is 25.7 Å². The quantitative estimate of drug-likeness (QED) is 0.696. The van der Waals surface area contributed by atoms with Crippen LogP contribution >= 0.6 is 36.4 Å². The van der Waals surface area contributed by atoms with Crippen LogP contribution in [0.1, 0.15) is 42.9 Å². The standard InChI is InChI=1S/C19H23ClF3N5.2ClH/c20-14-3-1-2-13(10-14)18(12-24)6-4-15(5-7-18)27-8-9-28-16(11-27)25-26-17(28)19(21,22)23;;/h1-3,10,15H,4-9,11-12,24H2;2*1H/t15-,18-;;. The summed E-state index contributed by atoms with van der Waals surface area (Å²) >= 11 is 6.17. The Kier molecular flexibility index (Phi) is 8.07. The van der Waals surface area contributed by atoms with Crippen molar-refractivity contribution in [3.63, 3.8) is 0 Å². The number of aromatic nitrogens is 3. The highest BCUT2D eigenvalue weighted by atomic mass is 35.5. The Balaban J connectivity index is 0.00000160. The second kappa shape index (κ2) is 9.61. The van der Waals surface area contributed by atoms with Gasteiger partial charge in [-0.15, -0.1) is 35.0 Å². The Labute approximate surface area is 191 Å². The SMILES string of the molecule is Cl.Cl.NC[C@]1(c2cccc(Cl)c2)CC[C@H](N2CCn3c(nnc3C(F)(F)F)C2)CC1. The molecule has 168 valence electrons. The lowest BCUT2D eigenvalue weighted by molar-refractivity contribution is -0.148. The van der Waals surface area contributed by atoms with Crippen LogP contribution in [0.15, 0.2) is 24.3 Å². The van der Waals surface area contributed by atoms with Crippen molar-refractivity contribution < 1.29 is 13.2 Å². The zero-order valence-corrected chi connectivity index (χ0v) is 18.6. The molecule has 0 saturated heterocycles. The fourth-order valence-corrected chi connectivity index (χ4v) is 4.84. The summed E-state index contributed by atoms with van der Waals surface area (Å²) in [7, 11) is 0. The molecule has 30 heavy (non-hydrogen) atoms. The highest BCUT2D eigenvalue weighted by Crippen LogP contribution is 2.41. The van der Waals surface area contributed by atoms with Gasteiger partial charge in [0.05, 0.1) is 6.54 Å². The zero-order chi connectivity index (χ0) is 19.9. The van der Waals surface area contributed by atoms with Crippen LogP contribution in [0.5, 0.6) is 0 Å². The lowest BCUT2D eigenvalue weighted by atomic mass is 9.68. The van der Waals surface area contributed by atoms with Crippen LogP contribution in [-0.4, -0.2) is 38.8 Å². The molecule has 0 atom stereocenters. The monoisotopic (exact) mass is 485 g/mol. The summed E-state index contributed by atoms with van der Waals surface area (Å²) < 4.78 is 40.3. The van der Waals surface area contributed by atoms with Gasteiger partial charge in [-0.2, -0.15) is 13.2 Å². The van der Waals surface area contributed by atoms with E-state index in [4.69, 9.17) is 17.3 Å². The molecular weight excluding hydrogens is 462 g/mol. The minimum Gasteiger partial charge on any atom is -0.330 e. The molecule has 0 spiro atoms. The van der Waals surface area contributed by atoms with Gasteiger partial charge < -0.3 is 10.3 Å². The molecule has 2 heterocycles. The molecule has 5 nitrogen and oxygen atoms in total. The van der Waals surface area contributed by atoms with Crippen molar-refractivity contribution in [3.05, 3.63) is 46.5 Å². The highest BCUT2D eigenvalue weighted by Gasteiger charge is 2.41. The molecule has 1 fully saturated rings. The van der Waals surface area contributed by atoms with Crippen LogP contribution in [0.4, 0.5) is 13.2 Å². The molecule has 4 rings (SSSR count). The van der Waals surface area contributed by atoms with Gasteiger partial charge in [0.15, 0.2) is 0 Å². The smallest absolute Gasteiger partial charge is 0.330 e. The van der Waals surface area contributed by atoms with E-state index in [-0.39, 0.29) is 36.8 Å². The van der Waals surface area contributed by atoms with Crippen molar-refractivity contribution in [2.24, 2.45) is 5.73 Å². The molecule has 1 aromatic heterocycles. The molecule has 0 radical (unpaired) electrons. The van der Waals surface area contributed by atoms with Crippen molar-refractivity contribution in [2.45, 2.75) is 56.4 Å². The van der Waals surface area contributed by atoms with Crippen molar-refractivity contribution in [1.29, 1.82) is 0 Å².